The molecule has 0 aliphatic carbocycles. The number of halogens is 2. The van der Waals surface area contributed by atoms with E-state index in [2.05, 4.69) is 9.68 Å². The molecule has 100 valence electrons. The van der Waals surface area contributed by atoms with Gasteiger partial charge in [0.05, 0.1) is 7.11 Å². The maximum Gasteiger partial charge on any atom is 0.374 e. The molecule has 0 atom stereocenters. The SMILES string of the molecule is COc1cc(C(F)F)ccc1-c1cc(C(=O)O)on1. The van der Waals surface area contributed by atoms with E-state index in [-0.39, 0.29) is 22.8 Å². The molecule has 1 N–H and O–H groups in total. The summed E-state index contributed by atoms with van der Waals surface area (Å²) in [5, 5.41) is 12.3. The molecule has 2 rings (SSSR count). The van der Waals surface area contributed by atoms with Crippen molar-refractivity contribution < 1.29 is 27.9 Å². The minimum absolute atomic E-state index is 0.169. The lowest BCUT2D eigenvalue weighted by Crippen LogP contribution is -1.93. The van der Waals surface area contributed by atoms with Gasteiger partial charge in [-0.1, -0.05) is 11.2 Å². The Labute approximate surface area is 106 Å². The molecule has 0 unspecified atom stereocenters. The van der Waals surface area contributed by atoms with E-state index in [0.29, 0.717) is 5.56 Å². The van der Waals surface area contributed by atoms with Crippen LogP contribution in [0.3, 0.4) is 0 Å². The standard InChI is InChI=1S/C12H9F2NO4/c1-18-9-4-6(11(13)14)2-3-7(9)8-5-10(12(16)17)19-15-8/h2-5,11H,1H3,(H,16,17). The van der Waals surface area contributed by atoms with Gasteiger partial charge in [0.15, 0.2) is 0 Å². The first-order valence-electron chi connectivity index (χ1n) is 5.19. The number of aromatic carboxylic acids is 1. The van der Waals surface area contributed by atoms with Crippen molar-refractivity contribution in [2.24, 2.45) is 0 Å². The number of methoxy groups -OCH3 is 1. The molecule has 0 saturated carbocycles. The predicted molar refractivity (Wildman–Crippen MR) is 60.4 cm³/mol. The molecule has 5 nitrogen and oxygen atoms in total. The fraction of sp³-hybridized carbons (Fsp3) is 0.167. The van der Waals surface area contributed by atoms with Gasteiger partial charge in [-0.2, -0.15) is 0 Å². The monoisotopic (exact) mass is 269 g/mol. The maximum absolute atomic E-state index is 12.6. The molecule has 1 aromatic carbocycles. The number of aromatic nitrogens is 1. The number of nitrogens with zero attached hydrogens (tertiary/aromatic N) is 1. The number of ether oxygens (including phenoxy) is 1. The molecule has 0 aliphatic heterocycles. The van der Waals surface area contributed by atoms with E-state index in [0.717, 1.165) is 0 Å². The van der Waals surface area contributed by atoms with Crippen molar-refractivity contribution in [3.63, 3.8) is 0 Å². The van der Waals surface area contributed by atoms with Gasteiger partial charge in [0, 0.05) is 17.2 Å². The molecule has 0 aliphatic rings. The molecular weight excluding hydrogens is 260 g/mol. The highest BCUT2D eigenvalue weighted by atomic mass is 19.3. The third-order valence-electron chi connectivity index (χ3n) is 2.47. The summed E-state index contributed by atoms with van der Waals surface area (Å²) in [6, 6.07) is 4.97. The van der Waals surface area contributed by atoms with Gasteiger partial charge < -0.3 is 14.4 Å². The average molecular weight is 269 g/mol. The van der Waals surface area contributed by atoms with Gasteiger partial charge >= 0.3 is 5.97 Å². The summed E-state index contributed by atoms with van der Waals surface area (Å²) in [6.45, 7) is 0. The normalized spacial score (nSPS) is 10.7. The number of rotatable bonds is 4. The molecule has 0 amide bonds. The highest BCUT2D eigenvalue weighted by Gasteiger charge is 2.17. The van der Waals surface area contributed by atoms with Crippen molar-refractivity contribution in [1.29, 1.82) is 0 Å². The van der Waals surface area contributed by atoms with Crippen molar-refractivity contribution in [3.05, 3.63) is 35.6 Å². The smallest absolute Gasteiger partial charge is 0.374 e. The van der Waals surface area contributed by atoms with Crippen molar-refractivity contribution in [3.8, 4) is 17.0 Å². The topological polar surface area (TPSA) is 72.6 Å². The highest BCUT2D eigenvalue weighted by Crippen LogP contribution is 2.33. The summed E-state index contributed by atoms with van der Waals surface area (Å²) in [5.74, 6) is -1.43. The van der Waals surface area contributed by atoms with Crippen LogP contribution in [-0.4, -0.2) is 23.3 Å². The molecule has 1 aromatic heterocycles. The summed E-state index contributed by atoms with van der Waals surface area (Å²) >= 11 is 0. The minimum Gasteiger partial charge on any atom is -0.496 e. The van der Waals surface area contributed by atoms with Crippen LogP contribution in [-0.2, 0) is 0 Å². The molecule has 0 fully saturated rings. The maximum atomic E-state index is 12.6. The summed E-state index contributed by atoms with van der Waals surface area (Å²) in [7, 11) is 1.33. The summed E-state index contributed by atoms with van der Waals surface area (Å²) in [4.78, 5) is 10.7. The van der Waals surface area contributed by atoms with Crippen molar-refractivity contribution in [1.82, 2.24) is 5.16 Å². The van der Waals surface area contributed by atoms with Crippen LogP contribution in [0.5, 0.6) is 5.75 Å². The van der Waals surface area contributed by atoms with Crippen LogP contribution < -0.4 is 4.74 Å². The minimum atomic E-state index is -2.62. The summed E-state index contributed by atoms with van der Waals surface area (Å²) in [5.41, 5.74) is 0.390. The van der Waals surface area contributed by atoms with Crippen LogP contribution in [0.2, 0.25) is 0 Å². The number of carboxylic acids is 1. The van der Waals surface area contributed by atoms with Gasteiger partial charge in [0.25, 0.3) is 6.43 Å². The number of benzene rings is 1. The second-order valence-corrected chi connectivity index (χ2v) is 3.64. The number of alkyl halides is 2. The molecule has 19 heavy (non-hydrogen) atoms. The predicted octanol–water partition coefficient (Wildman–Crippen LogP) is 2.99. The fourth-order valence-electron chi connectivity index (χ4n) is 1.56. The van der Waals surface area contributed by atoms with E-state index in [4.69, 9.17) is 9.84 Å². The molecule has 0 bridgehead atoms. The molecule has 0 spiro atoms. The van der Waals surface area contributed by atoms with Gasteiger partial charge in [-0.25, -0.2) is 13.6 Å². The Kier molecular flexibility index (Phi) is 3.46. The highest BCUT2D eigenvalue weighted by molar-refractivity contribution is 5.86. The zero-order valence-electron chi connectivity index (χ0n) is 9.76. The number of carboxylic acid groups (broad SMARTS) is 1. The Morgan fingerprint density at radius 1 is 1.42 bits per heavy atom. The molecule has 2 aromatic rings. The lowest BCUT2D eigenvalue weighted by atomic mass is 10.1. The van der Waals surface area contributed by atoms with Gasteiger partial charge in [0.2, 0.25) is 5.76 Å². The van der Waals surface area contributed by atoms with Crippen LogP contribution in [0, 0.1) is 0 Å². The summed E-state index contributed by atoms with van der Waals surface area (Å²) < 4.78 is 34.7. The van der Waals surface area contributed by atoms with E-state index in [1.807, 2.05) is 0 Å². The average Bonchev–Trinajstić information content (AvgIpc) is 2.87. The lowest BCUT2D eigenvalue weighted by Gasteiger charge is -2.08. The molecular formula is C12H9F2NO4. The van der Waals surface area contributed by atoms with Gasteiger partial charge in [-0.3, -0.25) is 0 Å². The Bertz CT molecular complexity index is 610. The van der Waals surface area contributed by atoms with E-state index in [1.165, 1.54) is 31.4 Å². The van der Waals surface area contributed by atoms with Gasteiger partial charge in [-0.15, -0.1) is 0 Å². The Balaban J connectivity index is 2.46. The molecule has 7 heteroatoms. The van der Waals surface area contributed by atoms with Crippen LogP contribution in [0.4, 0.5) is 8.78 Å². The number of hydrogen-bond donors (Lipinski definition) is 1. The van der Waals surface area contributed by atoms with E-state index >= 15 is 0 Å². The first kappa shape index (κ1) is 13.0. The Hall–Kier alpha value is -2.44. The second kappa shape index (κ2) is 5.05. The largest absolute Gasteiger partial charge is 0.496 e. The van der Waals surface area contributed by atoms with E-state index in [1.54, 1.807) is 0 Å². The zero-order chi connectivity index (χ0) is 14.0. The zero-order valence-corrected chi connectivity index (χ0v) is 9.76. The summed E-state index contributed by atoms with van der Waals surface area (Å²) in [6.07, 6.45) is -2.62. The quantitative estimate of drug-likeness (QED) is 0.923. The third-order valence-corrected chi connectivity index (χ3v) is 2.47. The van der Waals surface area contributed by atoms with Crippen molar-refractivity contribution >= 4 is 5.97 Å². The molecule has 0 radical (unpaired) electrons. The third kappa shape index (κ3) is 2.54. The van der Waals surface area contributed by atoms with Crippen LogP contribution in [0.15, 0.2) is 28.8 Å². The van der Waals surface area contributed by atoms with Crippen molar-refractivity contribution in [2.45, 2.75) is 6.43 Å². The first-order chi connectivity index (χ1) is 9.02. The second-order valence-electron chi connectivity index (χ2n) is 3.64. The molecule has 0 saturated heterocycles. The first-order valence-corrected chi connectivity index (χ1v) is 5.19. The van der Waals surface area contributed by atoms with Gasteiger partial charge in [0.1, 0.15) is 11.4 Å². The van der Waals surface area contributed by atoms with E-state index in [9.17, 15) is 13.6 Å². The van der Waals surface area contributed by atoms with Gasteiger partial charge in [-0.05, 0) is 12.1 Å². The van der Waals surface area contributed by atoms with Crippen LogP contribution >= 0.6 is 0 Å². The van der Waals surface area contributed by atoms with E-state index < -0.39 is 12.4 Å². The lowest BCUT2D eigenvalue weighted by molar-refractivity contribution is 0.0652. The van der Waals surface area contributed by atoms with Crippen LogP contribution in [0.1, 0.15) is 22.5 Å². The number of hydrogen-bond acceptors (Lipinski definition) is 4. The van der Waals surface area contributed by atoms with Crippen molar-refractivity contribution in [2.75, 3.05) is 7.11 Å². The number of carbonyl (C=O) groups is 1. The fourth-order valence-corrected chi connectivity index (χ4v) is 1.56. The van der Waals surface area contributed by atoms with Crippen LogP contribution in [0.25, 0.3) is 11.3 Å². The Morgan fingerprint density at radius 2 is 2.16 bits per heavy atom. The Morgan fingerprint density at radius 3 is 2.68 bits per heavy atom. The molecule has 1 heterocycles.